The van der Waals surface area contributed by atoms with Gasteiger partial charge < -0.3 is 5.32 Å². The zero-order valence-electron chi connectivity index (χ0n) is 18.4. The second-order valence-corrected chi connectivity index (χ2v) is 8.41. The third-order valence-electron chi connectivity index (χ3n) is 5.97. The third-order valence-corrected chi connectivity index (χ3v) is 5.97. The molecular weight excluding hydrogens is 444 g/mol. The van der Waals surface area contributed by atoms with Crippen LogP contribution in [-0.2, 0) is 30.6 Å². The minimum atomic E-state index is -1.11. The van der Waals surface area contributed by atoms with Gasteiger partial charge in [-0.3, -0.25) is 14.8 Å². The maximum absolute atomic E-state index is 13.4. The summed E-state index contributed by atoms with van der Waals surface area (Å²) in [6, 6.07) is 8.84. The molecule has 2 amide bonds. The average Bonchev–Trinajstić information content (AvgIpc) is 3.32. The number of halogens is 2. The molecule has 2 aromatic carbocycles. The Morgan fingerprint density at radius 1 is 1.06 bits per heavy atom. The van der Waals surface area contributed by atoms with E-state index in [1.807, 2.05) is 6.07 Å². The van der Waals surface area contributed by atoms with E-state index in [2.05, 4.69) is 27.8 Å². The predicted octanol–water partition coefficient (Wildman–Crippen LogP) is 3.04. The second-order valence-electron chi connectivity index (χ2n) is 8.41. The normalized spacial score (nSPS) is 13.7. The maximum Gasteiger partial charge on any atom is 0.251 e. The molecule has 1 aliphatic rings. The van der Waals surface area contributed by atoms with Gasteiger partial charge in [-0.1, -0.05) is 23.4 Å². The Hall–Kier alpha value is -3.66. The van der Waals surface area contributed by atoms with Crippen molar-refractivity contribution in [3.63, 3.8) is 0 Å². The highest BCUT2D eigenvalue weighted by molar-refractivity contribution is 5.94. The molecule has 0 radical (unpaired) electrons. The van der Waals surface area contributed by atoms with E-state index in [9.17, 15) is 18.4 Å². The lowest BCUT2D eigenvalue weighted by molar-refractivity contribution is -0.130. The van der Waals surface area contributed by atoms with E-state index in [0.29, 0.717) is 12.1 Å². The minimum absolute atomic E-state index is 0.00951. The van der Waals surface area contributed by atoms with E-state index < -0.39 is 29.5 Å². The van der Waals surface area contributed by atoms with Gasteiger partial charge in [0.25, 0.3) is 5.91 Å². The van der Waals surface area contributed by atoms with Gasteiger partial charge in [-0.05, 0) is 67.0 Å². The first kappa shape index (κ1) is 23.5. The van der Waals surface area contributed by atoms with Crippen molar-refractivity contribution in [1.82, 2.24) is 25.8 Å². The number of rotatable bonds is 8. The number of amides is 2. The number of hydrogen-bond donors (Lipinski definition) is 3. The summed E-state index contributed by atoms with van der Waals surface area (Å²) in [5.74, 6) is -3.27. The molecular formula is C24H25F2N5O3. The fourth-order valence-corrected chi connectivity index (χ4v) is 4.19. The highest BCUT2D eigenvalue weighted by Gasteiger charge is 2.20. The Morgan fingerprint density at radius 3 is 2.62 bits per heavy atom. The number of benzene rings is 2. The summed E-state index contributed by atoms with van der Waals surface area (Å²) in [6.07, 6.45) is 6.57. The lowest BCUT2D eigenvalue weighted by Gasteiger charge is -2.19. The van der Waals surface area contributed by atoms with E-state index in [4.69, 9.17) is 5.21 Å². The summed E-state index contributed by atoms with van der Waals surface area (Å²) < 4.78 is 28.0. The van der Waals surface area contributed by atoms with Crippen LogP contribution in [0.4, 0.5) is 8.78 Å². The minimum Gasteiger partial charge on any atom is -0.346 e. The average molecular weight is 469 g/mol. The summed E-state index contributed by atoms with van der Waals surface area (Å²) >= 11 is 0. The number of nitrogens with one attached hydrogen (secondary N) is 2. The zero-order chi connectivity index (χ0) is 24.1. The fourth-order valence-electron chi connectivity index (χ4n) is 4.19. The van der Waals surface area contributed by atoms with Crippen LogP contribution in [0.25, 0.3) is 0 Å². The van der Waals surface area contributed by atoms with Gasteiger partial charge in [0.05, 0.1) is 25.2 Å². The van der Waals surface area contributed by atoms with Gasteiger partial charge in [-0.15, -0.1) is 5.10 Å². The van der Waals surface area contributed by atoms with Crippen molar-refractivity contribution in [3.05, 3.63) is 82.2 Å². The largest absolute Gasteiger partial charge is 0.346 e. The highest BCUT2D eigenvalue weighted by atomic mass is 19.2. The van der Waals surface area contributed by atoms with E-state index in [1.54, 1.807) is 11.7 Å². The molecule has 3 aromatic rings. The first-order valence-corrected chi connectivity index (χ1v) is 11.1. The van der Waals surface area contributed by atoms with Crippen molar-refractivity contribution in [2.24, 2.45) is 0 Å². The van der Waals surface area contributed by atoms with E-state index in [-0.39, 0.29) is 18.5 Å². The van der Waals surface area contributed by atoms with Gasteiger partial charge >= 0.3 is 0 Å². The quantitative estimate of drug-likeness (QED) is 0.347. The molecule has 1 aliphatic carbocycles. The van der Waals surface area contributed by atoms with Crippen LogP contribution in [-0.4, -0.2) is 32.0 Å². The summed E-state index contributed by atoms with van der Waals surface area (Å²) in [4.78, 5) is 24.1. The molecule has 0 bridgehead atoms. The summed E-state index contributed by atoms with van der Waals surface area (Å²) in [5.41, 5.74) is 5.81. The molecule has 1 heterocycles. The van der Waals surface area contributed by atoms with E-state index >= 15 is 0 Å². The van der Waals surface area contributed by atoms with Crippen LogP contribution in [0.5, 0.6) is 0 Å². The number of hydrogen-bond acceptors (Lipinski definition) is 5. The lowest BCUT2D eigenvalue weighted by atomic mass is 9.89. The number of aromatic nitrogens is 3. The standard InChI is InChI=1S/C24H25F2N5O3/c25-21-8-7-18(11-22(21)26)24(33)27-13-19-14-31(30-28-19)20(12-23(32)29-34)10-15-5-6-16-3-1-2-4-17(16)9-15/h5-9,11,14,20,34H,1-4,10,12-13H2,(H,27,33)(H,29,32). The van der Waals surface area contributed by atoms with Crippen LogP contribution >= 0.6 is 0 Å². The first-order valence-electron chi connectivity index (χ1n) is 11.1. The number of hydroxylamine groups is 1. The first-order chi connectivity index (χ1) is 16.4. The van der Waals surface area contributed by atoms with Crippen LogP contribution in [0.15, 0.2) is 42.6 Å². The Morgan fingerprint density at radius 2 is 1.85 bits per heavy atom. The molecule has 4 rings (SSSR count). The SMILES string of the molecule is O=C(CC(Cc1ccc2c(c1)CCCC2)n1cc(CNC(=O)c2ccc(F)c(F)c2)nn1)NO. The number of fused-ring (bicyclic) bond motifs is 1. The molecule has 3 N–H and O–H groups in total. The lowest BCUT2D eigenvalue weighted by Crippen LogP contribution is -2.25. The van der Waals surface area contributed by atoms with Gasteiger partial charge in [0.1, 0.15) is 5.69 Å². The van der Waals surface area contributed by atoms with Crippen molar-refractivity contribution in [2.75, 3.05) is 0 Å². The van der Waals surface area contributed by atoms with Crippen LogP contribution in [0, 0.1) is 11.6 Å². The third kappa shape index (κ3) is 5.63. The molecule has 1 aromatic heterocycles. The molecule has 1 unspecified atom stereocenters. The van der Waals surface area contributed by atoms with Gasteiger partial charge in [0.15, 0.2) is 11.6 Å². The summed E-state index contributed by atoms with van der Waals surface area (Å²) in [7, 11) is 0. The Bertz CT molecular complexity index is 1200. The number of carbonyl (C=O) groups is 2. The smallest absolute Gasteiger partial charge is 0.251 e. The fraction of sp³-hybridized carbons (Fsp3) is 0.333. The second kappa shape index (κ2) is 10.5. The monoisotopic (exact) mass is 469 g/mol. The van der Waals surface area contributed by atoms with Crippen LogP contribution in [0.2, 0.25) is 0 Å². The molecule has 0 spiro atoms. The molecule has 34 heavy (non-hydrogen) atoms. The molecule has 10 heteroatoms. The number of nitrogens with zero attached hydrogens (tertiary/aromatic N) is 3. The molecule has 0 fully saturated rings. The van der Waals surface area contributed by atoms with Crippen molar-refractivity contribution < 1.29 is 23.6 Å². The molecule has 0 saturated carbocycles. The predicted molar refractivity (Wildman–Crippen MR) is 118 cm³/mol. The number of carbonyl (C=O) groups excluding carboxylic acids is 2. The van der Waals surface area contributed by atoms with Gasteiger partial charge in [-0.25, -0.2) is 18.9 Å². The van der Waals surface area contributed by atoms with Gasteiger partial charge in [0, 0.05) is 5.56 Å². The molecule has 8 nitrogen and oxygen atoms in total. The topological polar surface area (TPSA) is 109 Å². The van der Waals surface area contributed by atoms with Gasteiger partial charge in [0.2, 0.25) is 5.91 Å². The maximum atomic E-state index is 13.4. The molecule has 1 atom stereocenters. The van der Waals surface area contributed by atoms with E-state index in [1.165, 1.54) is 28.3 Å². The van der Waals surface area contributed by atoms with E-state index in [0.717, 1.165) is 37.0 Å². The number of aryl methyl sites for hydroxylation is 2. The summed E-state index contributed by atoms with van der Waals surface area (Å²) in [5, 5.41) is 19.8. The molecule has 0 saturated heterocycles. The molecule has 0 aliphatic heterocycles. The van der Waals surface area contributed by atoms with Gasteiger partial charge in [-0.2, -0.15) is 0 Å². The Labute approximate surface area is 194 Å². The van der Waals surface area contributed by atoms with Crippen LogP contribution < -0.4 is 10.8 Å². The Kier molecular flexibility index (Phi) is 7.27. The Balaban J connectivity index is 1.45. The van der Waals surface area contributed by atoms with Crippen molar-refractivity contribution in [1.29, 1.82) is 0 Å². The van der Waals surface area contributed by atoms with Crippen molar-refractivity contribution >= 4 is 11.8 Å². The van der Waals surface area contributed by atoms with Crippen molar-refractivity contribution in [2.45, 2.75) is 51.1 Å². The van der Waals surface area contributed by atoms with Crippen molar-refractivity contribution in [3.8, 4) is 0 Å². The zero-order valence-corrected chi connectivity index (χ0v) is 18.4. The van der Waals surface area contributed by atoms with Crippen LogP contribution in [0.3, 0.4) is 0 Å². The highest BCUT2D eigenvalue weighted by Crippen LogP contribution is 2.25. The molecule has 178 valence electrons. The van der Waals surface area contributed by atoms with Crippen LogP contribution in [0.1, 0.15) is 58.0 Å². The summed E-state index contributed by atoms with van der Waals surface area (Å²) in [6.45, 7) is 0.00951.